The van der Waals surface area contributed by atoms with Gasteiger partial charge in [-0.05, 0) is 66.7 Å². The molecule has 1 aliphatic rings. The standard InChI is InChI=1S/C20H28BFN2O4/c1-18(2,3)26-17(25)23-11-13-8-12-9-15(22)14(10-16(12)24-13)21-27-19(4,5)20(6,7)28-21/h8-10,24H,11H2,1-7H3,(H,23,25). The Labute approximate surface area is 165 Å². The van der Waals surface area contributed by atoms with Crippen molar-refractivity contribution in [2.45, 2.75) is 71.8 Å². The Morgan fingerprint density at radius 3 is 2.36 bits per heavy atom. The van der Waals surface area contributed by atoms with E-state index >= 15 is 0 Å². The number of hydrogen-bond acceptors (Lipinski definition) is 4. The third-order valence-electron chi connectivity index (χ3n) is 5.12. The zero-order chi connectivity index (χ0) is 20.9. The highest BCUT2D eigenvalue weighted by Crippen LogP contribution is 2.36. The van der Waals surface area contributed by atoms with Gasteiger partial charge >= 0.3 is 13.2 Å². The summed E-state index contributed by atoms with van der Waals surface area (Å²) in [5.74, 6) is -0.392. The first-order valence-electron chi connectivity index (χ1n) is 9.41. The molecule has 0 unspecified atom stereocenters. The second-order valence-electron chi connectivity index (χ2n) is 9.20. The predicted molar refractivity (Wildman–Crippen MR) is 107 cm³/mol. The summed E-state index contributed by atoms with van der Waals surface area (Å²) < 4.78 is 31.9. The maximum Gasteiger partial charge on any atom is 0.497 e. The van der Waals surface area contributed by atoms with Gasteiger partial charge in [-0.2, -0.15) is 0 Å². The van der Waals surface area contributed by atoms with Gasteiger partial charge in [-0.1, -0.05) is 0 Å². The second-order valence-corrected chi connectivity index (χ2v) is 9.20. The van der Waals surface area contributed by atoms with E-state index in [1.54, 1.807) is 32.9 Å². The van der Waals surface area contributed by atoms with Gasteiger partial charge in [0, 0.05) is 22.1 Å². The Kier molecular flexibility index (Phi) is 5.00. The van der Waals surface area contributed by atoms with E-state index in [1.807, 2.05) is 27.7 Å². The minimum atomic E-state index is -0.777. The summed E-state index contributed by atoms with van der Waals surface area (Å²) in [6.45, 7) is 13.4. The molecule has 3 rings (SSSR count). The molecule has 8 heteroatoms. The first-order chi connectivity index (χ1) is 12.8. The van der Waals surface area contributed by atoms with E-state index in [1.165, 1.54) is 6.07 Å². The minimum Gasteiger partial charge on any atom is -0.444 e. The highest BCUT2D eigenvalue weighted by atomic mass is 19.1. The van der Waals surface area contributed by atoms with E-state index in [4.69, 9.17) is 14.0 Å². The van der Waals surface area contributed by atoms with E-state index in [0.717, 1.165) is 11.2 Å². The number of ether oxygens (including phenoxy) is 1. The van der Waals surface area contributed by atoms with Crippen molar-refractivity contribution >= 4 is 29.6 Å². The van der Waals surface area contributed by atoms with Crippen molar-refractivity contribution in [2.24, 2.45) is 0 Å². The van der Waals surface area contributed by atoms with E-state index in [9.17, 15) is 9.18 Å². The van der Waals surface area contributed by atoms with E-state index in [2.05, 4.69) is 10.3 Å². The molecule has 1 aromatic carbocycles. The van der Waals surface area contributed by atoms with Gasteiger partial charge in [0.05, 0.1) is 17.7 Å². The summed E-state index contributed by atoms with van der Waals surface area (Å²) in [5, 5.41) is 3.39. The normalized spacial score (nSPS) is 18.5. The molecule has 1 amide bonds. The maximum atomic E-state index is 14.7. The number of nitrogens with one attached hydrogen (secondary N) is 2. The van der Waals surface area contributed by atoms with Gasteiger partial charge in [-0.25, -0.2) is 9.18 Å². The Morgan fingerprint density at radius 1 is 1.18 bits per heavy atom. The lowest BCUT2D eigenvalue weighted by atomic mass is 9.78. The van der Waals surface area contributed by atoms with Gasteiger partial charge < -0.3 is 24.3 Å². The third kappa shape index (κ3) is 4.18. The van der Waals surface area contributed by atoms with Crippen LogP contribution in [-0.2, 0) is 20.6 Å². The molecule has 6 nitrogen and oxygen atoms in total. The summed E-state index contributed by atoms with van der Waals surface area (Å²) in [6.07, 6.45) is -0.504. The number of fused-ring (bicyclic) bond motifs is 1. The lowest BCUT2D eigenvalue weighted by Gasteiger charge is -2.32. The van der Waals surface area contributed by atoms with Crippen LogP contribution in [0.1, 0.15) is 54.2 Å². The van der Waals surface area contributed by atoms with Crippen molar-refractivity contribution in [3.05, 3.63) is 29.7 Å². The largest absolute Gasteiger partial charge is 0.497 e. The molecule has 0 radical (unpaired) electrons. The Bertz CT molecular complexity index is 885. The monoisotopic (exact) mass is 390 g/mol. The zero-order valence-corrected chi connectivity index (χ0v) is 17.5. The average Bonchev–Trinajstić information content (AvgIpc) is 2.99. The number of aromatic nitrogens is 1. The van der Waals surface area contributed by atoms with Gasteiger partial charge in [0.15, 0.2) is 0 Å². The summed E-state index contributed by atoms with van der Waals surface area (Å²) >= 11 is 0. The van der Waals surface area contributed by atoms with Crippen molar-refractivity contribution < 1.29 is 23.2 Å². The smallest absolute Gasteiger partial charge is 0.444 e. The van der Waals surface area contributed by atoms with Gasteiger partial charge in [0.1, 0.15) is 11.4 Å². The number of rotatable bonds is 3. The van der Waals surface area contributed by atoms with Crippen molar-refractivity contribution in [3.8, 4) is 0 Å². The molecule has 0 aliphatic carbocycles. The molecule has 1 aliphatic heterocycles. The third-order valence-corrected chi connectivity index (χ3v) is 5.12. The van der Waals surface area contributed by atoms with Gasteiger partial charge in [-0.3, -0.25) is 0 Å². The molecule has 2 heterocycles. The van der Waals surface area contributed by atoms with Crippen molar-refractivity contribution in [1.82, 2.24) is 10.3 Å². The number of alkyl carbamates (subject to hydrolysis) is 1. The molecule has 28 heavy (non-hydrogen) atoms. The Hall–Kier alpha value is -2.06. The van der Waals surface area contributed by atoms with Crippen LogP contribution in [0.2, 0.25) is 0 Å². The number of benzene rings is 1. The van der Waals surface area contributed by atoms with Crippen LogP contribution in [0.3, 0.4) is 0 Å². The highest BCUT2D eigenvalue weighted by Gasteiger charge is 2.52. The van der Waals surface area contributed by atoms with Gasteiger partial charge in [0.25, 0.3) is 0 Å². The number of halogens is 1. The topological polar surface area (TPSA) is 72.6 Å². The second kappa shape index (κ2) is 6.78. The van der Waals surface area contributed by atoms with Crippen LogP contribution >= 0.6 is 0 Å². The Balaban J connectivity index is 1.78. The molecule has 152 valence electrons. The number of H-pyrrole nitrogens is 1. The molecule has 2 aromatic rings. The fourth-order valence-electron chi connectivity index (χ4n) is 2.96. The van der Waals surface area contributed by atoms with Crippen molar-refractivity contribution in [2.75, 3.05) is 0 Å². The van der Waals surface area contributed by atoms with Gasteiger partial charge in [0.2, 0.25) is 0 Å². The van der Waals surface area contributed by atoms with Crippen LogP contribution in [0.5, 0.6) is 0 Å². The molecule has 1 saturated heterocycles. The SMILES string of the molecule is CC(C)(C)OC(=O)NCc1cc2cc(F)c(B3OC(C)(C)C(C)(C)O3)cc2[nH]1. The number of carbonyl (C=O) groups excluding carboxylic acids is 1. The molecular formula is C20H28BFN2O4. The van der Waals surface area contributed by atoms with Gasteiger partial charge in [-0.15, -0.1) is 0 Å². The fraction of sp³-hybridized carbons (Fsp3) is 0.550. The van der Waals surface area contributed by atoms with Crippen LogP contribution in [0, 0.1) is 5.82 Å². The molecule has 1 fully saturated rings. The first-order valence-corrected chi connectivity index (χ1v) is 9.41. The predicted octanol–water partition coefficient (Wildman–Crippen LogP) is 3.63. The quantitative estimate of drug-likeness (QED) is 0.786. The van der Waals surface area contributed by atoms with Crippen LogP contribution in [0.25, 0.3) is 10.9 Å². The number of aromatic amines is 1. The average molecular weight is 390 g/mol. The van der Waals surface area contributed by atoms with Crippen LogP contribution in [0.15, 0.2) is 18.2 Å². The van der Waals surface area contributed by atoms with Crippen LogP contribution < -0.4 is 10.8 Å². The fourth-order valence-corrected chi connectivity index (χ4v) is 2.96. The van der Waals surface area contributed by atoms with Crippen molar-refractivity contribution in [3.63, 3.8) is 0 Å². The lowest BCUT2D eigenvalue weighted by Crippen LogP contribution is -2.41. The Morgan fingerprint density at radius 2 is 1.79 bits per heavy atom. The zero-order valence-electron chi connectivity index (χ0n) is 17.5. The summed E-state index contributed by atoms with van der Waals surface area (Å²) in [7, 11) is -0.777. The summed E-state index contributed by atoms with van der Waals surface area (Å²) in [4.78, 5) is 15.0. The maximum absolute atomic E-state index is 14.7. The number of hydrogen-bond donors (Lipinski definition) is 2. The minimum absolute atomic E-state index is 0.247. The summed E-state index contributed by atoms with van der Waals surface area (Å²) in [6, 6.07) is 4.94. The molecule has 0 bridgehead atoms. The molecule has 1 aromatic heterocycles. The summed E-state index contributed by atoms with van der Waals surface area (Å²) in [5.41, 5.74) is 0.179. The molecular weight excluding hydrogens is 362 g/mol. The van der Waals surface area contributed by atoms with Crippen molar-refractivity contribution in [1.29, 1.82) is 0 Å². The number of carbonyl (C=O) groups is 1. The number of amides is 1. The molecule has 2 N–H and O–H groups in total. The van der Waals surface area contributed by atoms with Crippen LogP contribution in [0.4, 0.5) is 9.18 Å². The van der Waals surface area contributed by atoms with Crippen LogP contribution in [-0.4, -0.2) is 35.0 Å². The van der Waals surface area contributed by atoms with E-state index < -0.39 is 35.8 Å². The van der Waals surface area contributed by atoms with E-state index in [0.29, 0.717) is 10.8 Å². The van der Waals surface area contributed by atoms with E-state index in [-0.39, 0.29) is 6.54 Å². The molecule has 0 saturated carbocycles. The molecule has 0 atom stereocenters. The first kappa shape index (κ1) is 20.7. The highest BCUT2D eigenvalue weighted by molar-refractivity contribution is 6.62. The lowest BCUT2D eigenvalue weighted by molar-refractivity contribution is 0.00578. The molecule has 0 spiro atoms.